The average molecular weight is 699 g/mol. The first-order valence-corrected chi connectivity index (χ1v) is 12.6. The molecule has 0 rings (SSSR count). The number of aliphatic carboxylic acids is 2. The van der Waals surface area contributed by atoms with Crippen molar-refractivity contribution in [3.8, 4) is 0 Å². The third-order valence-electron chi connectivity index (χ3n) is 2.08. The van der Waals surface area contributed by atoms with Crippen LogP contribution in [-0.2, 0) is 9.59 Å². The van der Waals surface area contributed by atoms with Crippen LogP contribution in [0.1, 0.15) is 0 Å². The number of aliphatic hydroxyl groups is 18. The van der Waals surface area contributed by atoms with Crippen LogP contribution in [-0.4, -0.2) is 232 Å². The predicted octanol–water partition coefficient (Wildman–Crippen LogP) is -9.24. The zero-order chi connectivity index (χ0) is 38.5. The van der Waals surface area contributed by atoms with Crippen molar-refractivity contribution in [2.24, 2.45) is 0 Å². The minimum Gasteiger partial charge on any atom is -0.478 e. The van der Waals surface area contributed by atoms with Crippen molar-refractivity contribution in [2.75, 3.05) is 112 Å². The van der Waals surface area contributed by atoms with E-state index in [2.05, 4.69) is 0 Å². The van der Waals surface area contributed by atoms with E-state index in [1.165, 1.54) is 0 Å². The van der Waals surface area contributed by atoms with Crippen LogP contribution in [0.4, 0.5) is 0 Å². The summed E-state index contributed by atoms with van der Waals surface area (Å²) in [5.41, 5.74) is -1.96. The summed E-state index contributed by atoms with van der Waals surface area (Å²) in [4.78, 5) is 20.2. The molecule has 0 amide bonds. The molecule has 0 spiro atoms. The molecule has 0 heterocycles. The summed E-state index contributed by atoms with van der Waals surface area (Å²) < 4.78 is 0. The third kappa shape index (κ3) is 161. The quantitative estimate of drug-likeness (QED) is 0.0793. The van der Waals surface area contributed by atoms with Gasteiger partial charge >= 0.3 is 11.9 Å². The lowest BCUT2D eigenvalue weighted by Gasteiger charge is -2.15. The van der Waals surface area contributed by atoms with E-state index >= 15 is 0 Å². The molecule has 0 aromatic heterocycles. The molecule has 0 fully saturated rings. The first-order valence-electron chi connectivity index (χ1n) is 12.6. The van der Waals surface area contributed by atoms with Gasteiger partial charge in [0.25, 0.3) is 0 Å². The van der Waals surface area contributed by atoms with Crippen molar-refractivity contribution in [3.63, 3.8) is 0 Å². The number of carboxylic acid groups (broad SMARTS) is 2. The highest BCUT2D eigenvalue weighted by Crippen LogP contribution is 2.07. The Morgan fingerprint density at radius 3 is 0.543 bits per heavy atom. The van der Waals surface area contributed by atoms with Gasteiger partial charge in [0.05, 0.1) is 112 Å². The highest BCUT2D eigenvalue weighted by molar-refractivity contribution is 5.81. The molecule has 20 N–H and O–H groups in total. The Kier molecular flexibility index (Phi) is 113. The van der Waals surface area contributed by atoms with Gasteiger partial charge in [0.2, 0.25) is 0 Å². The molecule has 0 atom stereocenters. The van der Waals surface area contributed by atoms with Gasteiger partial charge < -0.3 is 102 Å². The van der Waals surface area contributed by atoms with E-state index in [0.29, 0.717) is 12.2 Å². The van der Waals surface area contributed by atoms with Crippen molar-refractivity contribution in [3.05, 3.63) is 24.3 Å². The number of aliphatic hydroxyl groups excluding tert-OH is 17. The summed E-state index contributed by atoms with van der Waals surface area (Å²) in [6.07, 6.45) is 2.80. The van der Waals surface area contributed by atoms with Crippen molar-refractivity contribution in [1.82, 2.24) is 0 Å². The van der Waals surface area contributed by atoms with Gasteiger partial charge in [-0.05, 0) is 12.2 Å². The second-order valence-corrected chi connectivity index (χ2v) is 6.07. The summed E-state index contributed by atoms with van der Waals surface area (Å²) in [5, 5.41) is 156. The van der Waals surface area contributed by atoms with Gasteiger partial charge in [0.1, 0.15) is 5.60 Å². The van der Waals surface area contributed by atoms with Crippen LogP contribution >= 0.6 is 0 Å². The highest BCUT2D eigenvalue weighted by Gasteiger charge is 2.19. The molecule has 0 aromatic carbocycles. The van der Waals surface area contributed by atoms with Crippen molar-refractivity contribution in [2.45, 2.75) is 5.60 Å². The summed E-state index contributed by atoms with van der Waals surface area (Å²) >= 11 is 0. The molecule has 0 aliphatic heterocycles. The van der Waals surface area contributed by atoms with Crippen LogP contribution in [0.3, 0.4) is 0 Å². The van der Waals surface area contributed by atoms with E-state index in [1.54, 1.807) is 0 Å². The summed E-state index contributed by atoms with van der Waals surface area (Å²) in [6, 6.07) is 0. The molecule has 46 heavy (non-hydrogen) atoms. The van der Waals surface area contributed by atoms with E-state index < -0.39 is 24.1 Å². The van der Waals surface area contributed by atoms with Crippen LogP contribution in [0.15, 0.2) is 24.3 Å². The second-order valence-electron chi connectivity index (χ2n) is 6.07. The topological polar surface area (TPSA) is 439 Å². The fraction of sp³-hybridized carbons (Fsp3) is 0.750. The van der Waals surface area contributed by atoms with Crippen LogP contribution in [0.2, 0.25) is 0 Å². The predicted molar refractivity (Wildman–Crippen MR) is 159 cm³/mol. The molecule has 0 bridgehead atoms. The summed E-state index contributed by atoms with van der Waals surface area (Å²) in [7, 11) is 0. The Bertz CT molecular complexity index is 434. The average Bonchev–Trinajstić information content (AvgIpc) is 3.10. The molecule has 0 aliphatic carbocycles. The number of hydrogen-bond acceptors (Lipinski definition) is 20. The molecule has 22 nitrogen and oxygen atoms in total. The molecule has 0 saturated heterocycles. The van der Waals surface area contributed by atoms with E-state index in [4.69, 9.17) is 97.0 Å². The first-order chi connectivity index (χ1) is 21.7. The van der Waals surface area contributed by atoms with Gasteiger partial charge in [-0.15, -0.1) is 0 Å². The number of hydrogen-bond donors (Lipinski definition) is 20. The number of carboxylic acids is 2. The zero-order valence-corrected chi connectivity index (χ0v) is 25.6. The third-order valence-corrected chi connectivity index (χ3v) is 2.08. The lowest BCUT2D eigenvalue weighted by molar-refractivity contribution is -0.132. The lowest BCUT2D eigenvalue weighted by Crippen LogP contribution is -2.28. The summed E-state index contributed by atoms with van der Waals surface area (Å²) in [5.74, 6) is -2.61. The van der Waals surface area contributed by atoms with Gasteiger partial charge in [0, 0.05) is 12.2 Å². The standard InChI is InChI=1S/C8H10O6.8C2H6O2/c9-5-8(14,3-1-6(10)11)4-2-7(12)13;8*3-1-2-4/h1-4,9,14H,5H2,(H,10,11)(H,12,13);8*3-4H,1-2H2. The normalized spacial score (nSPS) is 10.0. The SMILES string of the molecule is O=C(O)C=CC(O)(C=CC(=O)O)CO.OCCO.OCCO.OCCO.OCCO.OCCO.OCCO.OCCO.OCCO. The lowest BCUT2D eigenvalue weighted by atomic mass is 10.0. The van der Waals surface area contributed by atoms with Gasteiger partial charge in [-0.2, -0.15) is 0 Å². The van der Waals surface area contributed by atoms with Gasteiger partial charge in [-0.25, -0.2) is 9.59 Å². The van der Waals surface area contributed by atoms with Crippen molar-refractivity contribution < 1.29 is 112 Å². The Morgan fingerprint density at radius 2 is 0.478 bits per heavy atom. The Balaban J connectivity index is -0.0000000517. The smallest absolute Gasteiger partial charge is 0.328 e. The van der Waals surface area contributed by atoms with Gasteiger partial charge in [0.15, 0.2) is 0 Å². The molecule has 22 heteroatoms. The number of rotatable bonds is 13. The Hall–Kier alpha value is -2.30. The largest absolute Gasteiger partial charge is 0.478 e. The van der Waals surface area contributed by atoms with Crippen molar-refractivity contribution >= 4 is 11.9 Å². The molecular formula is C24H58O22. The van der Waals surface area contributed by atoms with Crippen LogP contribution < -0.4 is 0 Å². The van der Waals surface area contributed by atoms with Crippen LogP contribution in [0.5, 0.6) is 0 Å². The molecule has 286 valence electrons. The molecular weight excluding hydrogens is 640 g/mol. The Labute approximate surface area is 266 Å². The summed E-state index contributed by atoms with van der Waals surface area (Å²) in [6.45, 7) is -2.80. The molecule has 0 aliphatic rings. The maximum atomic E-state index is 10.1. The Morgan fingerprint density at radius 1 is 0.348 bits per heavy atom. The number of carbonyl (C=O) groups is 2. The zero-order valence-electron chi connectivity index (χ0n) is 25.6. The van der Waals surface area contributed by atoms with E-state index in [0.717, 1.165) is 12.2 Å². The highest BCUT2D eigenvalue weighted by atomic mass is 16.4. The van der Waals surface area contributed by atoms with E-state index in [9.17, 15) is 14.7 Å². The van der Waals surface area contributed by atoms with Gasteiger partial charge in [-0.1, -0.05) is 0 Å². The first kappa shape index (κ1) is 66.2. The van der Waals surface area contributed by atoms with Crippen LogP contribution in [0, 0.1) is 0 Å². The second kappa shape index (κ2) is 78.8. The fourth-order valence-electron chi connectivity index (χ4n) is 0.592. The minimum absolute atomic E-state index is 0.125. The van der Waals surface area contributed by atoms with E-state index in [1.807, 2.05) is 0 Å². The van der Waals surface area contributed by atoms with Crippen molar-refractivity contribution in [1.29, 1.82) is 0 Å². The molecule has 0 radical (unpaired) electrons. The maximum absolute atomic E-state index is 10.1. The fourth-order valence-corrected chi connectivity index (χ4v) is 0.592. The molecule has 0 saturated carbocycles. The molecule has 0 aromatic rings. The molecule has 0 unspecified atom stereocenters. The minimum atomic E-state index is -1.96. The van der Waals surface area contributed by atoms with E-state index in [-0.39, 0.29) is 106 Å². The monoisotopic (exact) mass is 698 g/mol. The maximum Gasteiger partial charge on any atom is 0.328 e. The van der Waals surface area contributed by atoms with Crippen LogP contribution in [0.25, 0.3) is 0 Å². The van der Waals surface area contributed by atoms with Gasteiger partial charge in [-0.3, -0.25) is 0 Å².